The van der Waals surface area contributed by atoms with E-state index in [4.69, 9.17) is 23.7 Å². The number of hydrogen-bond acceptors (Lipinski definition) is 15. The van der Waals surface area contributed by atoms with E-state index in [0.717, 1.165) is 13.8 Å². The van der Waals surface area contributed by atoms with Crippen molar-refractivity contribution in [3.05, 3.63) is 0 Å². The van der Waals surface area contributed by atoms with Gasteiger partial charge >= 0.3 is 0 Å². The molecule has 3 fully saturated rings. The minimum atomic E-state index is -1.75. The Balaban J connectivity index is 1.96. The maximum absolute atomic E-state index is 12.2. The molecule has 15 atom stereocenters. The van der Waals surface area contributed by atoms with Crippen molar-refractivity contribution in [1.82, 2.24) is 21.3 Å². The minimum Gasteiger partial charge on any atom is -0.394 e. The molecule has 3 rings (SSSR count). The SMILES string of the molecule is CC(=O)N[C@@H]1[C@@H](O[C@H]2O[C@H](CO)[C@H](O[C@H]3O[C@H](CO)[C@H](O)[C@H](O)[C@H]3NC(C)=O)[C@H](O)[C@H]2NC(C)=O)[C@H](NC(C)=O)[C@@H](C)O[C@@H]1O. The van der Waals surface area contributed by atoms with Crippen LogP contribution in [0.15, 0.2) is 0 Å². The number of hydrogen-bond donors (Lipinski definition) is 10. The van der Waals surface area contributed by atoms with E-state index in [-0.39, 0.29) is 0 Å². The smallest absolute Gasteiger partial charge is 0.217 e. The Morgan fingerprint density at radius 3 is 1.49 bits per heavy atom. The molecule has 258 valence electrons. The number of ether oxygens (including phenoxy) is 5. The van der Waals surface area contributed by atoms with Gasteiger partial charge < -0.3 is 75.6 Å². The highest BCUT2D eigenvalue weighted by Gasteiger charge is 2.54. The topological polar surface area (TPSA) is 284 Å². The summed E-state index contributed by atoms with van der Waals surface area (Å²) in [5, 5.41) is 73.0. The highest BCUT2D eigenvalue weighted by molar-refractivity contribution is 5.75. The molecule has 0 saturated carbocycles. The van der Waals surface area contributed by atoms with Crippen molar-refractivity contribution in [2.75, 3.05) is 13.2 Å². The van der Waals surface area contributed by atoms with E-state index >= 15 is 0 Å². The molecule has 3 saturated heterocycles. The van der Waals surface area contributed by atoms with Crippen LogP contribution in [0.3, 0.4) is 0 Å². The molecule has 19 nitrogen and oxygen atoms in total. The lowest BCUT2D eigenvalue weighted by atomic mass is 9.92. The van der Waals surface area contributed by atoms with Gasteiger partial charge in [-0.05, 0) is 6.92 Å². The zero-order valence-corrected chi connectivity index (χ0v) is 25.4. The van der Waals surface area contributed by atoms with Gasteiger partial charge in [-0.3, -0.25) is 19.2 Å². The summed E-state index contributed by atoms with van der Waals surface area (Å²) in [6.07, 6.45) is -16.3. The number of aliphatic hydroxyl groups excluding tert-OH is 6. The second-order valence-corrected chi connectivity index (χ2v) is 11.3. The molecule has 0 aromatic heterocycles. The maximum atomic E-state index is 12.2. The molecule has 0 bridgehead atoms. The van der Waals surface area contributed by atoms with Gasteiger partial charge in [0.05, 0.1) is 25.4 Å². The van der Waals surface area contributed by atoms with Crippen LogP contribution in [0.2, 0.25) is 0 Å². The highest BCUT2D eigenvalue weighted by atomic mass is 16.7. The second kappa shape index (κ2) is 15.8. The first kappa shape index (κ1) is 36.9. The van der Waals surface area contributed by atoms with Gasteiger partial charge in [0.25, 0.3) is 0 Å². The Hall–Kier alpha value is -2.56. The monoisotopic (exact) mass is 652 g/mol. The zero-order chi connectivity index (χ0) is 33.7. The fourth-order valence-corrected chi connectivity index (χ4v) is 5.67. The summed E-state index contributed by atoms with van der Waals surface area (Å²) in [5.74, 6) is -2.36. The Labute approximate surface area is 258 Å². The third-order valence-corrected chi connectivity index (χ3v) is 7.67. The van der Waals surface area contributed by atoms with Gasteiger partial charge in [-0.1, -0.05) is 0 Å². The fourth-order valence-electron chi connectivity index (χ4n) is 5.67. The molecule has 3 aliphatic heterocycles. The van der Waals surface area contributed by atoms with Crippen molar-refractivity contribution in [3.8, 4) is 0 Å². The van der Waals surface area contributed by atoms with Crippen LogP contribution in [0.1, 0.15) is 34.6 Å². The standard InChI is InChI=1S/C26H44N4O15/c1-8-15(27-9(2)33)23(18(24(40)41-8)30-12(5)36)45-26-17(29-11(4)35)21(39)22(14(7-32)43-26)44-25-16(28-10(3)34)20(38)19(37)13(6-31)42-25/h8,13-26,31-32,37-40H,6-7H2,1-5H3,(H,27,33)(H,28,34)(H,29,35)(H,30,36)/t8-,13-,14-,15-,16-,17-,18-,19+,20-,21-,22+,23+,24+,25-,26-/m1/s1. The molecule has 45 heavy (non-hydrogen) atoms. The molecule has 3 aliphatic rings. The molecule has 19 heteroatoms. The van der Waals surface area contributed by atoms with Gasteiger partial charge in [-0.2, -0.15) is 0 Å². The molecule has 0 unspecified atom stereocenters. The summed E-state index contributed by atoms with van der Waals surface area (Å²) >= 11 is 0. The largest absolute Gasteiger partial charge is 0.394 e. The molecular weight excluding hydrogens is 608 g/mol. The summed E-state index contributed by atoms with van der Waals surface area (Å²) in [5.41, 5.74) is 0. The summed E-state index contributed by atoms with van der Waals surface area (Å²) in [6, 6.07) is -5.11. The average molecular weight is 653 g/mol. The second-order valence-electron chi connectivity index (χ2n) is 11.3. The number of carbonyl (C=O) groups excluding carboxylic acids is 4. The molecule has 0 spiro atoms. The van der Waals surface area contributed by atoms with E-state index in [2.05, 4.69) is 21.3 Å². The maximum Gasteiger partial charge on any atom is 0.217 e. The van der Waals surface area contributed by atoms with Crippen molar-refractivity contribution < 1.29 is 73.5 Å². The van der Waals surface area contributed by atoms with Crippen LogP contribution >= 0.6 is 0 Å². The zero-order valence-electron chi connectivity index (χ0n) is 25.4. The Morgan fingerprint density at radius 2 is 1.00 bits per heavy atom. The number of aliphatic hydroxyl groups is 6. The van der Waals surface area contributed by atoms with Crippen LogP contribution in [-0.2, 0) is 42.9 Å². The number of nitrogens with one attached hydrogen (secondary N) is 4. The van der Waals surface area contributed by atoms with Crippen molar-refractivity contribution in [3.63, 3.8) is 0 Å². The lowest BCUT2D eigenvalue weighted by molar-refractivity contribution is -0.343. The van der Waals surface area contributed by atoms with Crippen LogP contribution in [0.4, 0.5) is 0 Å². The predicted octanol–water partition coefficient (Wildman–Crippen LogP) is -5.97. The molecule has 3 heterocycles. The van der Waals surface area contributed by atoms with Crippen LogP contribution in [0, 0.1) is 0 Å². The lowest BCUT2D eigenvalue weighted by Crippen LogP contribution is -2.72. The molecule has 0 aromatic rings. The third-order valence-electron chi connectivity index (χ3n) is 7.67. The van der Waals surface area contributed by atoms with Gasteiger partial charge in [-0.25, -0.2) is 0 Å². The molecule has 10 N–H and O–H groups in total. The number of amides is 4. The number of rotatable bonds is 10. The van der Waals surface area contributed by atoms with E-state index in [9.17, 15) is 49.8 Å². The predicted molar refractivity (Wildman–Crippen MR) is 146 cm³/mol. The summed E-state index contributed by atoms with van der Waals surface area (Å²) < 4.78 is 29.1. The highest BCUT2D eigenvalue weighted by Crippen LogP contribution is 2.32. The first-order valence-corrected chi connectivity index (χ1v) is 14.4. The Morgan fingerprint density at radius 1 is 0.578 bits per heavy atom. The van der Waals surface area contributed by atoms with E-state index < -0.39 is 129 Å². The summed E-state index contributed by atoms with van der Waals surface area (Å²) in [4.78, 5) is 48.1. The average Bonchev–Trinajstić information content (AvgIpc) is 2.94. The fraction of sp³-hybridized carbons (Fsp3) is 0.846. The van der Waals surface area contributed by atoms with E-state index in [1.54, 1.807) is 0 Å². The van der Waals surface area contributed by atoms with Gasteiger partial charge in [0, 0.05) is 27.7 Å². The summed E-state index contributed by atoms with van der Waals surface area (Å²) in [7, 11) is 0. The van der Waals surface area contributed by atoms with Crippen LogP contribution in [0.5, 0.6) is 0 Å². The van der Waals surface area contributed by atoms with Crippen LogP contribution in [0.25, 0.3) is 0 Å². The van der Waals surface area contributed by atoms with E-state index in [1.807, 2.05) is 0 Å². The minimum absolute atomic E-state index is 0.499. The molecule has 4 amide bonds. The Bertz CT molecular complexity index is 1030. The molecular formula is C26H44N4O15. The quantitative estimate of drug-likeness (QED) is 0.105. The van der Waals surface area contributed by atoms with E-state index in [0.29, 0.717) is 0 Å². The van der Waals surface area contributed by atoms with Crippen LogP contribution in [-0.4, -0.2) is 159 Å². The van der Waals surface area contributed by atoms with Crippen molar-refractivity contribution in [2.45, 2.75) is 126 Å². The van der Waals surface area contributed by atoms with Crippen molar-refractivity contribution >= 4 is 23.6 Å². The van der Waals surface area contributed by atoms with Crippen LogP contribution < -0.4 is 21.3 Å². The van der Waals surface area contributed by atoms with Gasteiger partial charge in [0.2, 0.25) is 23.6 Å². The van der Waals surface area contributed by atoms with Crippen molar-refractivity contribution in [2.24, 2.45) is 0 Å². The normalized spacial score (nSPS) is 41.9. The third kappa shape index (κ3) is 8.83. The van der Waals surface area contributed by atoms with Gasteiger partial charge in [0.15, 0.2) is 18.9 Å². The van der Waals surface area contributed by atoms with Gasteiger partial charge in [-0.15, -0.1) is 0 Å². The molecule has 0 aliphatic carbocycles. The van der Waals surface area contributed by atoms with E-state index in [1.165, 1.54) is 20.8 Å². The first-order chi connectivity index (χ1) is 21.1. The molecule has 0 aromatic carbocycles. The molecule has 0 radical (unpaired) electrons. The first-order valence-electron chi connectivity index (χ1n) is 14.4. The van der Waals surface area contributed by atoms with Gasteiger partial charge in [0.1, 0.15) is 60.9 Å². The number of carbonyl (C=O) groups is 4. The lowest BCUT2D eigenvalue weighted by Gasteiger charge is -2.50. The summed E-state index contributed by atoms with van der Waals surface area (Å²) in [6.45, 7) is 4.66. The Kier molecular flexibility index (Phi) is 13.0. The van der Waals surface area contributed by atoms with Crippen molar-refractivity contribution in [1.29, 1.82) is 0 Å².